The van der Waals surface area contributed by atoms with Crippen LogP contribution in [0.2, 0.25) is 0 Å². The third kappa shape index (κ3) is 3.34. The normalized spacial score (nSPS) is 24.6. The Morgan fingerprint density at radius 1 is 1.82 bits per heavy atom. The van der Waals surface area contributed by atoms with Crippen molar-refractivity contribution >= 4 is 5.97 Å². The lowest BCUT2D eigenvalue weighted by atomic mass is 10.3. The molecule has 1 aliphatic rings. The fourth-order valence-electron chi connectivity index (χ4n) is 0.937. The number of hydrogen-bond acceptors (Lipinski definition) is 4. The van der Waals surface area contributed by atoms with Gasteiger partial charge in [0.15, 0.2) is 0 Å². The molecule has 11 heavy (non-hydrogen) atoms. The van der Waals surface area contributed by atoms with Crippen LogP contribution in [0.3, 0.4) is 0 Å². The van der Waals surface area contributed by atoms with Gasteiger partial charge in [-0.25, -0.2) is 0 Å². The zero-order chi connectivity index (χ0) is 8.10. The summed E-state index contributed by atoms with van der Waals surface area (Å²) in [6.07, 6.45) is 0.0349. The summed E-state index contributed by atoms with van der Waals surface area (Å²) in [5.74, 6) is -0.251. The minimum Gasteiger partial charge on any atom is -0.463 e. The van der Waals surface area contributed by atoms with Crippen molar-refractivity contribution in [2.24, 2.45) is 0 Å². The Balaban J connectivity index is 2.09. The van der Waals surface area contributed by atoms with Crippen molar-refractivity contribution in [3.05, 3.63) is 0 Å². The molecule has 0 spiro atoms. The van der Waals surface area contributed by atoms with Crippen LogP contribution >= 0.6 is 0 Å². The smallest absolute Gasteiger partial charge is 0.302 e. The van der Waals surface area contributed by atoms with Gasteiger partial charge < -0.3 is 14.8 Å². The van der Waals surface area contributed by atoms with E-state index in [0.29, 0.717) is 13.2 Å². The van der Waals surface area contributed by atoms with Crippen molar-refractivity contribution in [2.45, 2.75) is 13.0 Å². The number of carbonyl (C=O) groups excluding carboxylic acids is 1. The van der Waals surface area contributed by atoms with E-state index >= 15 is 0 Å². The maximum absolute atomic E-state index is 10.4. The molecule has 4 nitrogen and oxygen atoms in total. The molecule has 4 heteroatoms. The monoisotopic (exact) mass is 159 g/mol. The van der Waals surface area contributed by atoms with Crippen LogP contribution < -0.4 is 5.32 Å². The van der Waals surface area contributed by atoms with Crippen molar-refractivity contribution in [2.75, 3.05) is 26.3 Å². The molecule has 1 atom stereocenters. The number of carbonyl (C=O) groups is 1. The van der Waals surface area contributed by atoms with E-state index in [2.05, 4.69) is 5.32 Å². The van der Waals surface area contributed by atoms with Gasteiger partial charge in [0.1, 0.15) is 12.7 Å². The number of rotatable bonds is 2. The second kappa shape index (κ2) is 4.31. The van der Waals surface area contributed by atoms with E-state index in [1.165, 1.54) is 6.92 Å². The first kappa shape index (κ1) is 8.49. The van der Waals surface area contributed by atoms with Gasteiger partial charge in [-0.2, -0.15) is 0 Å². The summed E-state index contributed by atoms with van der Waals surface area (Å²) in [5, 5.41) is 3.14. The van der Waals surface area contributed by atoms with E-state index in [9.17, 15) is 4.79 Å². The highest BCUT2D eigenvalue weighted by Crippen LogP contribution is 1.96. The third-order valence-electron chi connectivity index (χ3n) is 1.48. The maximum atomic E-state index is 10.4. The van der Waals surface area contributed by atoms with E-state index < -0.39 is 0 Å². The Morgan fingerprint density at radius 2 is 2.64 bits per heavy atom. The predicted molar refractivity (Wildman–Crippen MR) is 39.2 cm³/mol. The van der Waals surface area contributed by atoms with Crippen LogP contribution in [0.15, 0.2) is 0 Å². The minimum atomic E-state index is -0.251. The second-order valence-electron chi connectivity index (χ2n) is 2.50. The summed E-state index contributed by atoms with van der Waals surface area (Å²) in [4.78, 5) is 10.4. The van der Waals surface area contributed by atoms with Crippen LogP contribution in [-0.4, -0.2) is 38.4 Å². The highest BCUT2D eigenvalue weighted by Gasteiger charge is 2.13. The van der Waals surface area contributed by atoms with Crippen LogP contribution in [-0.2, 0) is 14.3 Å². The highest BCUT2D eigenvalue weighted by atomic mass is 16.6. The minimum absolute atomic E-state index is 0.0349. The number of morpholine rings is 1. The molecule has 1 heterocycles. The largest absolute Gasteiger partial charge is 0.463 e. The van der Waals surface area contributed by atoms with Crippen LogP contribution in [0.25, 0.3) is 0 Å². The Hall–Kier alpha value is -0.610. The Kier molecular flexibility index (Phi) is 3.32. The van der Waals surface area contributed by atoms with Gasteiger partial charge in [0.2, 0.25) is 0 Å². The molecule has 0 aromatic carbocycles. The molecule has 0 saturated carbocycles. The number of hydrogen-bond donors (Lipinski definition) is 1. The Labute approximate surface area is 65.9 Å². The van der Waals surface area contributed by atoms with Crippen molar-refractivity contribution in [1.29, 1.82) is 0 Å². The first-order valence-corrected chi connectivity index (χ1v) is 3.74. The Bertz CT molecular complexity index is 132. The number of esters is 1. The third-order valence-corrected chi connectivity index (χ3v) is 1.48. The van der Waals surface area contributed by atoms with Gasteiger partial charge >= 0.3 is 5.97 Å². The van der Waals surface area contributed by atoms with Gasteiger partial charge in [-0.15, -0.1) is 0 Å². The molecular formula is C7H13NO3. The molecule has 1 fully saturated rings. The quantitative estimate of drug-likeness (QED) is 0.554. The average Bonchev–Trinajstić information content (AvgIpc) is 2.03. The van der Waals surface area contributed by atoms with E-state index in [4.69, 9.17) is 9.47 Å². The molecule has 0 bridgehead atoms. The highest BCUT2D eigenvalue weighted by molar-refractivity contribution is 5.65. The summed E-state index contributed by atoms with van der Waals surface area (Å²) >= 11 is 0. The molecule has 0 aromatic rings. The molecule has 1 saturated heterocycles. The molecular weight excluding hydrogens is 146 g/mol. The molecule has 0 amide bonds. The average molecular weight is 159 g/mol. The predicted octanol–water partition coefficient (Wildman–Crippen LogP) is -0.462. The van der Waals surface area contributed by atoms with Crippen LogP contribution in [0, 0.1) is 0 Å². The lowest BCUT2D eigenvalue weighted by molar-refractivity contribution is -0.145. The molecule has 64 valence electrons. The van der Waals surface area contributed by atoms with Gasteiger partial charge in [-0.3, -0.25) is 4.79 Å². The molecule has 1 rings (SSSR count). The topological polar surface area (TPSA) is 47.6 Å². The molecule has 1 N–H and O–H groups in total. The summed E-state index contributed by atoms with van der Waals surface area (Å²) < 4.78 is 10.1. The molecule has 0 unspecified atom stereocenters. The first-order chi connectivity index (χ1) is 5.29. The van der Waals surface area contributed by atoms with Crippen molar-refractivity contribution in [3.8, 4) is 0 Å². The van der Waals surface area contributed by atoms with E-state index in [-0.39, 0.29) is 12.1 Å². The first-order valence-electron chi connectivity index (χ1n) is 3.74. The van der Waals surface area contributed by atoms with Crippen molar-refractivity contribution < 1.29 is 14.3 Å². The standard InChI is InChI=1S/C7H13NO3/c1-6(9)11-5-7-4-8-2-3-10-7/h7-8H,2-5H2,1H3/t7-/m0/s1. The van der Waals surface area contributed by atoms with Gasteiger partial charge in [0, 0.05) is 20.0 Å². The number of nitrogens with one attached hydrogen (secondary N) is 1. The van der Waals surface area contributed by atoms with Crippen molar-refractivity contribution in [3.63, 3.8) is 0 Å². The SMILES string of the molecule is CC(=O)OC[C@@H]1CNCCO1. The second-order valence-corrected chi connectivity index (χ2v) is 2.50. The van der Waals surface area contributed by atoms with Gasteiger partial charge in [-0.05, 0) is 0 Å². The van der Waals surface area contributed by atoms with Crippen molar-refractivity contribution in [1.82, 2.24) is 5.32 Å². The van der Waals surface area contributed by atoms with E-state index in [1.807, 2.05) is 0 Å². The fourth-order valence-corrected chi connectivity index (χ4v) is 0.937. The Morgan fingerprint density at radius 3 is 3.18 bits per heavy atom. The van der Waals surface area contributed by atoms with Gasteiger partial charge in [0.05, 0.1) is 6.61 Å². The van der Waals surface area contributed by atoms with Crippen LogP contribution in [0.4, 0.5) is 0 Å². The molecule has 0 aliphatic carbocycles. The lowest BCUT2D eigenvalue weighted by Gasteiger charge is -2.22. The lowest BCUT2D eigenvalue weighted by Crippen LogP contribution is -2.41. The number of ether oxygens (including phenoxy) is 2. The zero-order valence-corrected chi connectivity index (χ0v) is 6.63. The van der Waals surface area contributed by atoms with Crippen LogP contribution in [0.5, 0.6) is 0 Å². The zero-order valence-electron chi connectivity index (χ0n) is 6.63. The summed E-state index contributed by atoms with van der Waals surface area (Å²) in [6.45, 7) is 4.12. The molecule has 0 aromatic heterocycles. The summed E-state index contributed by atoms with van der Waals surface area (Å²) in [5.41, 5.74) is 0. The summed E-state index contributed by atoms with van der Waals surface area (Å²) in [7, 11) is 0. The van der Waals surface area contributed by atoms with E-state index in [0.717, 1.165) is 13.1 Å². The molecule has 1 aliphatic heterocycles. The maximum Gasteiger partial charge on any atom is 0.302 e. The molecule has 0 radical (unpaired) electrons. The van der Waals surface area contributed by atoms with E-state index in [1.54, 1.807) is 0 Å². The summed E-state index contributed by atoms with van der Waals surface area (Å²) in [6, 6.07) is 0. The fraction of sp³-hybridized carbons (Fsp3) is 0.857. The van der Waals surface area contributed by atoms with Crippen LogP contribution in [0.1, 0.15) is 6.92 Å². The van der Waals surface area contributed by atoms with Gasteiger partial charge in [0.25, 0.3) is 0 Å². The van der Waals surface area contributed by atoms with Gasteiger partial charge in [-0.1, -0.05) is 0 Å².